The van der Waals surface area contributed by atoms with Crippen LogP contribution in [0.3, 0.4) is 0 Å². The fourth-order valence-corrected chi connectivity index (χ4v) is 9.48. The van der Waals surface area contributed by atoms with Crippen LogP contribution in [0.4, 0.5) is 11.4 Å². The maximum Gasteiger partial charge on any atom is 0.303 e. The fraction of sp³-hybridized carbons (Fsp3) is 0.582. The molecule has 6 heteroatoms. The van der Waals surface area contributed by atoms with Gasteiger partial charge in [0.05, 0.1) is 5.41 Å². The van der Waals surface area contributed by atoms with E-state index in [9.17, 15) is 14.7 Å². The van der Waals surface area contributed by atoms with Crippen molar-refractivity contribution in [2.75, 3.05) is 24.5 Å². The van der Waals surface area contributed by atoms with Crippen LogP contribution in [0, 0.1) is 0 Å². The van der Waals surface area contributed by atoms with E-state index < -0.39 is 5.97 Å². The minimum Gasteiger partial charge on any atom is -0.481 e. The molecule has 2 aromatic carbocycles. The van der Waals surface area contributed by atoms with Crippen molar-refractivity contribution in [3.63, 3.8) is 0 Å². The van der Waals surface area contributed by atoms with Crippen molar-refractivity contribution in [3.8, 4) is 0 Å². The van der Waals surface area contributed by atoms with Gasteiger partial charge >= 0.3 is 5.97 Å². The van der Waals surface area contributed by atoms with Crippen molar-refractivity contribution < 1.29 is 19.3 Å². The summed E-state index contributed by atoms with van der Waals surface area (Å²) in [5.74, 6) is -0.750. The number of nitrogens with one attached hydrogen (secondary N) is 1. The third-order valence-electron chi connectivity index (χ3n) is 13.1. The molecule has 0 aliphatic carbocycles. The molecule has 2 aromatic rings. The van der Waals surface area contributed by atoms with Gasteiger partial charge in [0.2, 0.25) is 11.6 Å². The van der Waals surface area contributed by atoms with Gasteiger partial charge in [0.1, 0.15) is 6.54 Å². The van der Waals surface area contributed by atoms with Crippen LogP contribution in [-0.4, -0.2) is 46.9 Å². The highest BCUT2D eigenvalue weighted by Crippen LogP contribution is 2.47. The molecule has 2 heterocycles. The van der Waals surface area contributed by atoms with E-state index in [0.717, 1.165) is 37.1 Å². The number of nitrogens with zero attached hydrogens (tertiary/aromatic N) is 2. The zero-order chi connectivity index (χ0) is 44.1. The van der Waals surface area contributed by atoms with Crippen LogP contribution < -0.4 is 10.2 Å². The van der Waals surface area contributed by atoms with Crippen LogP contribution in [0.2, 0.25) is 0 Å². The van der Waals surface area contributed by atoms with E-state index in [1.54, 1.807) is 0 Å². The smallest absolute Gasteiger partial charge is 0.303 e. The van der Waals surface area contributed by atoms with Gasteiger partial charge in [0.15, 0.2) is 5.71 Å². The highest BCUT2D eigenvalue weighted by atomic mass is 16.4. The molecule has 0 unspecified atom stereocenters. The summed E-state index contributed by atoms with van der Waals surface area (Å²) in [7, 11) is 0. The highest BCUT2D eigenvalue weighted by Gasteiger charge is 2.43. The van der Waals surface area contributed by atoms with Gasteiger partial charge in [-0.1, -0.05) is 172 Å². The molecular formula is C55H82N3O3+. The summed E-state index contributed by atoms with van der Waals surface area (Å²) < 4.78 is 2.39. The lowest BCUT2D eigenvalue weighted by Gasteiger charge is -2.26. The van der Waals surface area contributed by atoms with Crippen LogP contribution in [0.25, 0.3) is 0 Å². The normalized spacial score (nSPS) is 16.5. The first-order valence-corrected chi connectivity index (χ1v) is 24.4. The number of amides is 1. The summed E-state index contributed by atoms with van der Waals surface area (Å²) >= 11 is 0. The average Bonchev–Trinajstić information content (AvgIpc) is 3.61. The molecule has 2 aliphatic rings. The van der Waals surface area contributed by atoms with Gasteiger partial charge in [-0.2, -0.15) is 4.58 Å². The molecule has 0 fully saturated rings. The number of carboxylic acid groups (broad SMARTS) is 1. The van der Waals surface area contributed by atoms with Crippen LogP contribution in [0.15, 0.2) is 95.8 Å². The van der Waals surface area contributed by atoms with E-state index in [1.165, 1.54) is 124 Å². The van der Waals surface area contributed by atoms with Gasteiger partial charge in [-0.3, -0.25) is 9.59 Å². The lowest BCUT2D eigenvalue weighted by molar-refractivity contribution is -0.433. The lowest BCUT2D eigenvalue weighted by Crippen LogP contribution is -2.27. The minimum atomic E-state index is -0.819. The van der Waals surface area contributed by atoms with Gasteiger partial charge in [-0.05, 0) is 75.8 Å². The molecule has 0 saturated carbocycles. The monoisotopic (exact) mass is 833 g/mol. The highest BCUT2D eigenvalue weighted by molar-refractivity contribution is 6.03. The first-order valence-electron chi connectivity index (χ1n) is 24.4. The van der Waals surface area contributed by atoms with Gasteiger partial charge in [-0.15, -0.1) is 0 Å². The van der Waals surface area contributed by atoms with E-state index in [1.807, 2.05) is 0 Å². The van der Waals surface area contributed by atoms with E-state index >= 15 is 0 Å². The molecule has 0 spiro atoms. The van der Waals surface area contributed by atoms with E-state index in [-0.39, 0.29) is 23.2 Å². The van der Waals surface area contributed by atoms with Crippen LogP contribution in [0.5, 0.6) is 0 Å². The number of unbranched alkanes of at least 4 members (excludes halogenated alkanes) is 15. The summed E-state index contributed by atoms with van der Waals surface area (Å²) in [4.78, 5) is 27.6. The molecule has 6 nitrogen and oxygen atoms in total. The Bertz CT molecular complexity index is 1860. The number of carbonyl (C=O) groups excluding carboxylic acids is 1. The predicted molar refractivity (Wildman–Crippen MR) is 259 cm³/mol. The van der Waals surface area contributed by atoms with E-state index in [4.69, 9.17) is 0 Å². The van der Waals surface area contributed by atoms with Gasteiger partial charge in [-0.25, -0.2) is 0 Å². The molecule has 1 amide bonds. The average molecular weight is 833 g/mol. The third kappa shape index (κ3) is 14.7. The Morgan fingerprint density at radius 1 is 0.672 bits per heavy atom. The number of rotatable bonds is 29. The number of aliphatic carboxylic acids is 1. The number of hydrogen-bond acceptors (Lipinski definition) is 3. The first kappa shape index (κ1) is 49.5. The summed E-state index contributed by atoms with van der Waals surface area (Å²) in [5.41, 5.74) is 9.07. The number of hydrogen-bond donors (Lipinski definition) is 2. The standard InChI is InChI=1S/C55H81N3O3/c1-8-11-12-13-14-15-16-17-18-19-20-21-22-23-24-29-42-56-52(59)40-36-44(34-38-50-54(4,5)46-30-25-27-32-48(46)57(50)9-2)43-45(37-41-53(60)61)35-39-51-55(6,7)47-31-26-28-33-49(47)58(51)10-3/h25-28,30-35,38-39,43H,8-24,29,36-37,40-42H2,1-7H3,(H-,56,59,60,61)/p+1. The number of carbonyl (C=O) groups is 2. The molecule has 2 aliphatic heterocycles. The van der Waals surface area contributed by atoms with Crippen molar-refractivity contribution in [3.05, 3.63) is 107 Å². The largest absolute Gasteiger partial charge is 0.481 e. The second-order valence-electron chi connectivity index (χ2n) is 18.6. The maximum atomic E-state index is 13.3. The number of likely N-dealkylation sites (N-methyl/N-ethyl adjacent to an activating group) is 1. The SMILES string of the molecule is CCCCCCCCCCCCCCCCCCNC(=O)CCC(/C=C/C1=[N+](CC)c2ccccc2C1(C)C)=C\C(=C\C=C1\N(CC)c2ccccc2C1(C)C)CCC(=O)O. The summed E-state index contributed by atoms with van der Waals surface area (Å²) in [6.07, 6.45) is 33.5. The Labute approximate surface area is 371 Å². The van der Waals surface area contributed by atoms with Crippen LogP contribution >= 0.6 is 0 Å². The van der Waals surface area contributed by atoms with Gasteiger partial charge in [0, 0.05) is 60.4 Å². The zero-order valence-electron chi connectivity index (χ0n) is 39.4. The molecule has 0 saturated heterocycles. The second-order valence-corrected chi connectivity index (χ2v) is 18.6. The van der Waals surface area contributed by atoms with Crippen molar-refractivity contribution in [2.45, 2.75) is 188 Å². The summed E-state index contributed by atoms with van der Waals surface area (Å²) in [6, 6.07) is 17.2. The minimum absolute atomic E-state index is 0.0345. The number of allylic oxidation sites excluding steroid dienone is 8. The molecule has 0 aromatic heterocycles. The Balaban J connectivity index is 1.40. The molecule has 0 radical (unpaired) electrons. The number of carboxylic acids is 1. The lowest BCUT2D eigenvalue weighted by atomic mass is 9.81. The summed E-state index contributed by atoms with van der Waals surface area (Å²) in [5, 5.41) is 13.0. The fourth-order valence-electron chi connectivity index (χ4n) is 9.48. The predicted octanol–water partition coefficient (Wildman–Crippen LogP) is 14.2. The number of para-hydroxylation sites is 2. The Morgan fingerprint density at radius 2 is 1.23 bits per heavy atom. The van der Waals surface area contributed by atoms with Crippen molar-refractivity contribution in [1.29, 1.82) is 0 Å². The molecule has 61 heavy (non-hydrogen) atoms. The quantitative estimate of drug-likeness (QED) is 0.0486. The molecule has 334 valence electrons. The van der Waals surface area contributed by atoms with Crippen LogP contribution in [0.1, 0.15) is 188 Å². The molecular weight excluding hydrogens is 751 g/mol. The Morgan fingerprint density at radius 3 is 1.82 bits per heavy atom. The number of benzene rings is 2. The summed E-state index contributed by atoms with van der Waals surface area (Å²) in [6.45, 7) is 18.1. The molecule has 0 bridgehead atoms. The van der Waals surface area contributed by atoms with Gasteiger partial charge < -0.3 is 15.3 Å². The third-order valence-corrected chi connectivity index (χ3v) is 13.1. The number of fused-ring (bicyclic) bond motifs is 2. The van der Waals surface area contributed by atoms with Crippen molar-refractivity contribution >= 4 is 29.0 Å². The van der Waals surface area contributed by atoms with Crippen molar-refractivity contribution in [2.24, 2.45) is 0 Å². The maximum absolute atomic E-state index is 13.3. The van der Waals surface area contributed by atoms with Crippen LogP contribution in [-0.2, 0) is 20.4 Å². The zero-order valence-corrected chi connectivity index (χ0v) is 39.4. The topological polar surface area (TPSA) is 72.7 Å². The van der Waals surface area contributed by atoms with Gasteiger partial charge in [0.25, 0.3) is 0 Å². The second kappa shape index (κ2) is 25.7. The molecule has 4 rings (SSSR count). The molecule has 0 atom stereocenters. The van der Waals surface area contributed by atoms with E-state index in [2.05, 4.69) is 142 Å². The Kier molecular flexibility index (Phi) is 20.8. The molecule has 2 N–H and O–H groups in total. The number of anilines is 1. The van der Waals surface area contributed by atoms with E-state index in [0.29, 0.717) is 25.8 Å². The first-order chi connectivity index (χ1) is 29.4. The van der Waals surface area contributed by atoms with Crippen molar-refractivity contribution in [1.82, 2.24) is 5.32 Å². The Hall–Kier alpha value is -4.19.